The van der Waals surface area contributed by atoms with Crippen LogP contribution in [0.25, 0.3) is 0 Å². The highest BCUT2D eigenvalue weighted by atomic mass is 16.2. The summed E-state index contributed by atoms with van der Waals surface area (Å²) in [5.74, 6) is 1.69. The topological polar surface area (TPSA) is 32.3 Å². The van der Waals surface area contributed by atoms with Crippen molar-refractivity contribution in [3.63, 3.8) is 0 Å². The molecule has 2 fully saturated rings. The molecule has 0 spiro atoms. The predicted molar refractivity (Wildman–Crippen MR) is 78.7 cm³/mol. The number of hydrogen-bond donors (Lipinski definition) is 1. The van der Waals surface area contributed by atoms with E-state index in [0.717, 1.165) is 18.8 Å². The van der Waals surface area contributed by atoms with Gasteiger partial charge in [0.05, 0.1) is 12.2 Å². The van der Waals surface area contributed by atoms with Gasteiger partial charge in [0.2, 0.25) is 5.91 Å². The first-order chi connectivity index (χ1) is 9.04. The van der Waals surface area contributed by atoms with Crippen LogP contribution in [-0.4, -0.2) is 29.1 Å². The molecule has 0 bridgehead atoms. The van der Waals surface area contributed by atoms with Crippen LogP contribution in [0.3, 0.4) is 0 Å². The largest absolute Gasteiger partial charge is 0.323 e. The average Bonchev–Trinajstić information content (AvgIpc) is 2.69. The van der Waals surface area contributed by atoms with Gasteiger partial charge < -0.3 is 4.90 Å². The zero-order valence-corrected chi connectivity index (χ0v) is 13.0. The van der Waals surface area contributed by atoms with Gasteiger partial charge in [0.15, 0.2) is 0 Å². The van der Waals surface area contributed by atoms with Gasteiger partial charge in [0.25, 0.3) is 0 Å². The molecule has 2 aliphatic rings. The number of carbonyl (C=O) groups is 1. The smallest absolute Gasteiger partial charge is 0.241 e. The van der Waals surface area contributed by atoms with Gasteiger partial charge in [-0.2, -0.15) is 0 Å². The van der Waals surface area contributed by atoms with Crippen molar-refractivity contribution in [3.05, 3.63) is 0 Å². The maximum Gasteiger partial charge on any atom is 0.241 e. The van der Waals surface area contributed by atoms with Crippen LogP contribution in [-0.2, 0) is 4.79 Å². The van der Waals surface area contributed by atoms with Crippen LogP contribution in [0.2, 0.25) is 0 Å². The summed E-state index contributed by atoms with van der Waals surface area (Å²) in [6.07, 6.45) is 7.23. The van der Waals surface area contributed by atoms with E-state index in [0.29, 0.717) is 17.9 Å². The molecular formula is C16H30N2O. The third-order valence-electron chi connectivity index (χ3n) is 4.81. The Morgan fingerprint density at radius 2 is 1.89 bits per heavy atom. The Labute approximate surface area is 118 Å². The summed E-state index contributed by atoms with van der Waals surface area (Å²) in [4.78, 5) is 14.9. The van der Waals surface area contributed by atoms with Crippen LogP contribution in [0.1, 0.15) is 66.2 Å². The first-order valence-corrected chi connectivity index (χ1v) is 8.12. The van der Waals surface area contributed by atoms with Gasteiger partial charge in [-0.1, -0.05) is 34.1 Å². The van der Waals surface area contributed by atoms with Gasteiger partial charge in [-0.15, -0.1) is 0 Å². The molecule has 1 saturated carbocycles. The van der Waals surface area contributed by atoms with Crippen molar-refractivity contribution >= 4 is 5.91 Å². The highest BCUT2D eigenvalue weighted by molar-refractivity contribution is 5.84. The molecule has 2 atom stereocenters. The number of rotatable bonds is 4. The maximum absolute atomic E-state index is 12.7. The fourth-order valence-electron chi connectivity index (χ4n) is 3.61. The molecule has 0 aromatic rings. The van der Waals surface area contributed by atoms with E-state index in [1.54, 1.807) is 0 Å². The molecule has 1 aliphatic carbocycles. The first-order valence-electron chi connectivity index (χ1n) is 8.12. The Morgan fingerprint density at radius 3 is 2.42 bits per heavy atom. The molecule has 0 aromatic heterocycles. The third kappa shape index (κ3) is 3.13. The number of nitrogens with one attached hydrogen (secondary N) is 1. The van der Waals surface area contributed by atoms with E-state index in [1.807, 2.05) is 0 Å². The summed E-state index contributed by atoms with van der Waals surface area (Å²) in [6, 6.07) is 0.544. The van der Waals surface area contributed by atoms with Crippen LogP contribution < -0.4 is 5.32 Å². The summed E-state index contributed by atoms with van der Waals surface area (Å²) in [5, 5.41) is 3.58. The van der Waals surface area contributed by atoms with Crippen molar-refractivity contribution in [2.24, 2.45) is 11.8 Å². The molecular weight excluding hydrogens is 236 g/mol. The first kappa shape index (κ1) is 14.8. The van der Waals surface area contributed by atoms with E-state index in [2.05, 4.69) is 37.9 Å². The summed E-state index contributed by atoms with van der Waals surface area (Å²) < 4.78 is 0. The van der Waals surface area contributed by atoms with Crippen LogP contribution in [0, 0.1) is 11.8 Å². The van der Waals surface area contributed by atoms with Gasteiger partial charge in [0.1, 0.15) is 0 Å². The predicted octanol–water partition coefficient (Wildman–Crippen LogP) is 3.15. The second kappa shape index (κ2) is 6.25. The van der Waals surface area contributed by atoms with Crippen molar-refractivity contribution in [2.45, 2.75) is 84.5 Å². The van der Waals surface area contributed by atoms with E-state index in [9.17, 15) is 4.79 Å². The number of carbonyl (C=O) groups excluding carboxylic acids is 1. The molecule has 3 nitrogen and oxygen atoms in total. The number of hydrogen-bond acceptors (Lipinski definition) is 2. The van der Waals surface area contributed by atoms with E-state index < -0.39 is 0 Å². The van der Waals surface area contributed by atoms with Crippen molar-refractivity contribution < 1.29 is 4.79 Å². The van der Waals surface area contributed by atoms with Gasteiger partial charge in [-0.05, 0) is 43.9 Å². The molecule has 1 saturated heterocycles. The Kier molecular flexibility index (Phi) is 4.88. The summed E-state index contributed by atoms with van der Waals surface area (Å²) in [5.41, 5.74) is 0. The standard InChI is InChI=1S/C16H30N2O/c1-5-6-14-16(19)18(15(17-14)11(2)3)13-9-7-12(4)8-10-13/h11-15,17H,5-10H2,1-4H3. The number of nitrogens with zero attached hydrogens (tertiary/aromatic N) is 1. The molecule has 3 heteroatoms. The molecule has 2 rings (SSSR count). The van der Waals surface area contributed by atoms with Crippen molar-refractivity contribution in [1.82, 2.24) is 10.2 Å². The normalized spacial score (nSPS) is 36.3. The second-order valence-electron chi connectivity index (χ2n) is 6.86. The lowest BCUT2D eigenvalue weighted by atomic mass is 9.86. The van der Waals surface area contributed by atoms with E-state index in [1.165, 1.54) is 25.7 Å². The van der Waals surface area contributed by atoms with Gasteiger partial charge in [0, 0.05) is 6.04 Å². The monoisotopic (exact) mass is 266 g/mol. The summed E-state index contributed by atoms with van der Waals surface area (Å²) >= 11 is 0. The van der Waals surface area contributed by atoms with E-state index in [-0.39, 0.29) is 12.2 Å². The average molecular weight is 266 g/mol. The fraction of sp³-hybridized carbons (Fsp3) is 0.938. The molecule has 110 valence electrons. The lowest BCUT2D eigenvalue weighted by Gasteiger charge is -2.38. The van der Waals surface area contributed by atoms with Crippen molar-refractivity contribution in [3.8, 4) is 0 Å². The lowest BCUT2D eigenvalue weighted by molar-refractivity contribution is -0.133. The summed E-state index contributed by atoms with van der Waals surface area (Å²) in [7, 11) is 0. The quantitative estimate of drug-likeness (QED) is 0.848. The van der Waals surface area contributed by atoms with E-state index >= 15 is 0 Å². The minimum Gasteiger partial charge on any atom is -0.323 e. The molecule has 19 heavy (non-hydrogen) atoms. The Bertz CT molecular complexity index is 308. The third-order valence-corrected chi connectivity index (χ3v) is 4.81. The minimum atomic E-state index is 0.0664. The van der Waals surface area contributed by atoms with Crippen LogP contribution in [0.15, 0.2) is 0 Å². The van der Waals surface area contributed by atoms with Crippen molar-refractivity contribution in [2.75, 3.05) is 0 Å². The molecule has 1 aliphatic heterocycles. The van der Waals surface area contributed by atoms with Crippen LogP contribution in [0.5, 0.6) is 0 Å². The SMILES string of the molecule is CCCC1NC(C(C)C)N(C2CCC(C)CC2)C1=O. The molecule has 1 heterocycles. The van der Waals surface area contributed by atoms with Gasteiger partial charge in [-0.3, -0.25) is 10.1 Å². The van der Waals surface area contributed by atoms with Gasteiger partial charge in [-0.25, -0.2) is 0 Å². The Balaban J connectivity index is 2.08. The fourth-order valence-corrected chi connectivity index (χ4v) is 3.61. The maximum atomic E-state index is 12.7. The molecule has 1 N–H and O–H groups in total. The number of amides is 1. The van der Waals surface area contributed by atoms with E-state index in [4.69, 9.17) is 0 Å². The minimum absolute atomic E-state index is 0.0664. The Morgan fingerprint density at radius 1 is 1.26 bits per heavy atom. The van der Waals surface area contributed by atoms with Crippen LogP contribution in [0.4, 0.5) is 0 Å². The van der Waals surface area contributed by atoms with Gasteiger partial charge >= 0.3 is 0 Å². The molecule has 0 radical (unpaired) electrons. The zero-order valence-electron chi connectivity index (χ0n) is 13.0. The molecule has 2 unspecified atom stereocenters. The summed E-state index contributed by atoms with van der Waals surface area (Å²) in [6.45, 7) is 8.93. The van der Waals surface area contributed by atoms with Crippen molar-refractivity contribution in [1.29, 1.82) is 0 Å². The second-order valence-corrected chi connectivity index (χ2v) is 6.86. The lowest BCUT2D eigenvalue weighted by Crippen LogP contribution is -2.48. The highest BCUT2D eigenvalue weighted by Gasteiger charge is 2.43. The van der Waals surface area contributed by atoms with Crippen LogP contribution >= 0.6 is 0 Å². The molecule has 1 amide bonds. The zero-order chi connectivity index (χ0) is 14.0. The molecule has 0 aromatic carbocycles. The Hall–Kier alpha value is -0.570. The highest BCUT2D eigenvalue weighted by Crippen LogP contribution is 2.32.